The van der Waals surface area contributed by atoms with Crippen LogP contribution in [0.25, 0.3) is 15.3 Å². The molecule has 0 amide bonds. The Morgan fingerprint density at radius 3 is 2.49 bits per heavy atom. The van der Waals surface area contributed by atoms with Crippen LogP contribution >= 0.6 is 23.6 Å². The SMILES string of the molecule is CC(C)c1ccc(N2C(=S)N[C@H](c3ccccn3)[C@H]2c2cccn2-c2nc3ccccc3s2)cc1. The minimum absolute atomic E-state index is 0.0932. The van der Waals surface area contributed by atoms with Crippen LogP contribution in [0.5, 0.6) is 0 Å². The topological polar surface area (TPSA) is 46.0 Å². The number of aromatic nitrogens is 3. The summed E-state index contributed by atoms with van der Waals surface area (Å²) < 4.78 is 3.36. The van der Waals surface area contributed by atoms with Gasteiger partial charge in [0.2, 0.25) is 0 Å². The predicted molar refractivity (Wildman–Crippen MR) is 147 cm³/mol. The van der Waals surface area contributed by atoms with E-state index >= 15 is 0 Å². The molecule has 4 heterocycles. The van der Waals surface area contributed by atoms with Crippen molar-refractivity contribution in [2.24, 2.45) is 0 Å². The summed E-state index contributed by atoms with van der Waals surface area (Å²) >= 11 is 7.60. The first-order chi connectivity index (χ1) is 17.1. The summed E-state index contributed by atoms with van der Waals surface area (Å²) in [5, 5.41) is 5.20. The van der Waals surface area contributed by atoms with Crippen molar-refractivity contribution in [3.05, 3.63) is 108 Å². The highest BCUT2D eigenvalue weighted by Gasteiger charge is 2.42. The van der Waals surface area contributed by atoms with Gasteiger partial charge in [-0.3, -0.25) is 9.55 Å². The van der Waals surface area contributed by atoms with Crippen molar-refractivity contribution in [3.63, 3.8) is 0 Å². The molecule has 2 atom stereocenters. The molecule has 1 saturated heterocycles. The number of fused-ring (bicyclic) bond motifs is 1. The van der Waals surface area contributed by atoms with Gasteiger partial charge in [-0.1, -0.05) is 55.5 Å². The zero-order chi connectivity index (χ0) is 23.9. The first kappa shape index (κ1) is 21.9. The Morgan fingerprint density at radius 1 is 0.943 bits per heavy atom. The Kier molecular flexibility index (Phi) is 5.59. The lowest BCUT2D eigenvalue weighted by atomic mass is 9.99. The molecule has 1 N–H and O–H groups in total. The number of nitrogens with one attached hydrogen (secondary N) is 1. The van der Waals surface area contributed by atoms with Crippen LogP contribution in [0.4, 0.5) is 5.69 Å². The van der Waals surface area contributed by atoms with Crippen molar-refractivity contribution >= 4 is 44.6 Å². The van der Waals surface area contributed by atoms with E-state index in [0.717, 1.165) is 27.7 Å². The molecule has 35 heavy (non-hydrogen) atoms. The van der Waals surface area contributed by atoms with E-state index in [1.165, 1.54) is 10.3 Å². The Hall–Kier alpha value is -3.55. The Morgan fingerprint density at radius 2 is 1.74 bits per heavy atom. The number of benzene rings is 2. The molecule has 0 aliphatic carbocycles. The van der Waals surface area contributed by atoms with Crippen LogP contribution in [0.3, 0.4) is 0 Å². The summed E-state index contributed by atoms with van der Waals surface area (Å²) in [5.74, 6) is 0.473. The van der Waals surface area contributed by atoms with Crippen LogP contribution in [0.2, 0.25) is 0 Å². The Bertz CT molecular complexity index is 1450. The van der Waals surface area contributed by atoms with Crippen LogP contribution in [0.15, 0.2) is 91.3 Å². The molecule has 0 spiro atoms. The zero-order valence-electron chi connectivity index (χ0n) is 19.5. The number of hydrogen-bond acceptors (Lipinski definition) is 4. The third-order valence-corrected chi connectivity index (χ3v) is 7.86. The highest BCUT2D eigenvalue weighted by molar-refractivity contribution is 7.80. The molecule has 0 unspecified atom stereocenters. The molecule has 1 fully saturated rings. The van der Waals surface area contributed by atoms with Gasteiger partial charge >= 0.3 is 0 Å². The van der Waals surface area contributed by atoms with E-state index in [0.29, 0.717) is 11.0 Å². The fraction of sp³-hybridized carbons (Fsp3) is 0.179. The fourth-order valence-corrected chi connectivity index (χ4v) is 6.04. The van der Waals surface area contributed by atoms with Crippen molar-refractivity contribution in [2.75, 3.05) is 4.90 Å². The highest BCUT2D eigenvalue weighted by atomic mass is 32.1. The lowest BCUT2D eigenvalue weighted by Gasteiger charge is -2.28. The number of thiocarbonyl (C=S) groups is 1. The van der Waals surface area contributed by atoms with Gasteiger partial charge in [-0.15, -0.1) is 0 Å². The highest BCUT2D eigenvalue weighted by Crippen LogP contribution is 2.43. The van der Waals surface area contributed by atoms with Gasteiger partial charge in [-0.2, -0.15) is 0 Å². The minimum atomic E-state index is -0.100. The molecule has 1 aliphatic heterocycles. The minimum Gasteiger partial charge on any atom is -0.351 e. The summed E-state index contributed by atoms with van der Waals surface area (Å²) in [5.41, 5.74) is 5.45. The monoisotopic (exact) mass is 495 g/mol. The van der Waals surface area contributed by atoms with E-state index in [2.05, 4.69) is 100 Å². The molecule has 0 radical (unpaired) electrons. The average molecular weight is 496 g/mol. The molecule has 0 bridgehead atoms. The molecule has 1 aliphatic rings. The molecule has 3 aromatic heterocycles. The Balaban J connectivity index is 1.49. The van der Waals surface area contributed by atoms with Crippen molar-refractivity contribution < 1.29 is 0 Å². The van der Waals surface area contributed by atoms with Gasteiger partial charge in [-0.25, -0.2) is 4.98 Å². The standard InChI is InChI=1S/C28H25N5S2/c1-18(2)19-12-14-20(15-13-19)33-26(25(31-27(33)34)22-9-5-6-16-29-22)23-10-7-17-32(23)28-30-21-8-3-4-11-24(21)35-28/h3-18,25-26H,1-2H3,(H,31,34)/t25-,26-/m1/s1. The van der Waals surface area contributed by atoms with Gasteiger partial charge in [0.25, 0.3) is 0 Å². The normalized spacial score (nSPS) is 17.9. The maximum Gasteiger partial charge on any atom is 0.194 e. The fourth-order valence-electron chi connectivity index (χ4n) is 4.73. The second-order valence-corrected chi connectivity index (χ2v) is 10.4. The summed E-state index contributed by atoms with van der Waals surface area (Å²) in [6, 6.07) is 27.1. The van der Waals surface area contributed by atoms with Crippen LogP contribution in [-0.4, -0.2) is 19.6 Å². The van der Waals surface area contributed by atoms with Crippen LogP contribution in [0, 0.1) is 0 Å². The summed E-state index contributed by atoms with van der Waals surface area (Å²) in [6.07, 6.45) is 3.92. The third-order valence-electron chi connectivity index (χ3n) is 6.51. The van der Waals surface area contributed by atoms with Crippen molar-refractivity contribution in [3.8, 4) is 5.13 Å². The third kappa shape index (κ3) is 3.90. The van der Waals surface area contributed by atoms with Gasteiger partial charge in [0.1, 0.15) is 6.04 Å². The lowest BCUT2D eigenvalue weighted by molar-refractivity contribution is 0.549. The number of rotatable bonds is 5. The molecule has 0 saturated carbocycles. The first-order valence-corrected chi connectivity index (χ1v) is 13.0. The lowest BCUT2D eigenvalue weighted by Crippen LogP contribution is -2.30. The van der Waals surface area contributed by atoms with Gasteiger partial charge in [-0.05, 0) is 72.2 Å². The number of anilines is 1. The molecule has 2 aromatic carbocycles. The first-order valence-electron chi connectivity index (χ1n) is 11.7. The maximum absolute atomic E-state index is 5.91. The van der Waals surface area contributed by atoms with E-state index in [4.69, 9.17) is 17.2 Å². The predicted octanol–water partition coefficient (Wildman–Crippen LogP) is 6.78. The molecule has 5 nitrogen and oxygen atoms in total. The zero-order valence-corrected chi connectivity index (χ0v) is 21.1. The molecular weight excluding hydrogens is 470 g/mol. The second kappa shape index (κ2) is 8.91. The summed E-state index contributed by atoms with van der Waals surface area (Å²) in [6.45, 7) is 4.42. The van der Waals surface area contributed by atoms with E-state index in [9.17, 15) is 0 Å². The van der Waals surface area contributed by atoms with Crippen LogP contribution in [-0.2, 0) is 0 Å². The Labute approximate surface area is 214 Å². The van der Waals surface area contributed by atoms with Crippen molar-refractivity contribution in [2.45, 2.75) is 31.8 Å². The van der Waals surface area contributed by atoms with Gasteiger partial charge in [0.15, 0.2) is 10.2 Å². The van der Waals surface area contributed by atoms with E-state index in [1.807, 2.05) is 24.4 Å². The molecule has 7 heteroatoms. The smallest absolute Gasteiger partial charge is 0.194 e. The molecule has 6 rings (SSSR count). The van der Waals surface area contributed by atoms with Gasteiger partial charge in [0, 0.05) is 18.1 Å². The summed E-state index contributed by atoms with van der Waals surface area (Å²) in [7, 11) is 0. The molecule has 5 aromatic rings. The quantitative estimate of drug-likeness (QED) is 0.272. The largest absolute Gasteiger partial charge is 0.351 e. The molecular formula is C28H25N5S2. The van der Waals surface area contributed by atoms with E-state index < -0.39 is 0 Å². The van der Waals surface area contributed by atoms with Crippen molar-refractivity contribution in [1.82, 2.24) is 19.9 Å². The molecule has 174 valence electrons. The van der Waals surface area contributed by atoms with Crippen molar-refractivity contribution in [1.29, 1.82) is 0 Å². The van der Waals surface area contributed by atoms with Crippen LogP contribution in [0.1, 0.15) is 48.8 Å². The van der Waals surface area contributed by atoms with Gasteiger partial charge in [0.05, 0.1) is 27.6 Å². The van der Waals surface area contributed by atoms with Gasteiger partial charge < -0.3 is 10.2 Å². The number of thiazole rings is 1. The maximum atomic E-state index is 5.91. The van der Waals surface area contributed by atoms with Crippen LogP contribution < -0.4 is 10.2 Å². The summed E-state index contributed by atoms with van der Waals surface area (Å²) in [4.78, 5) is 11.8. The average Bonchev–Trinajstić information content (AvgIpc) is 3.60. The van der Waals surface area contributed by atoms with E-state index in [-0.39, 0.29) is 12.1 Å². The van der Waals surface area contributed by atoms with E-state index in [1.54, 1.807) is 11.3 Å². The number of pyridine rings is 1. The second-order valence-electron chi connectivity index (χ2n) is 9.01. The number of hydrogen-bond donors (Lipinski definition) is 1. The number of para-hydroxylation sites is 1. The number of nitrogens with zero attached hydrogens (tertiary/aromatic N) is 4.